The second kappa shape index (κ2) is 6.23. The van der Waals surface area contributed by atoms with Crippen LogP contribution < -0.4 is 5.23 Å². The first-order valence-corrected chi connectivity index (χ1v) is 8.18. The van der Waals surface area contributed by atoms with E-state index in [1.54, 1.807) is 18.2 Å². The van der Waals surface area contributed by atoms with Gasteiger partial charge in [-0.2, -0.15) is 10.2 Å². The van der Waals surface area contributed by atoms with Gasteiger partial charge in [0, 0.05) is 30.6 Å². The van der Waals surface area contributed by atoms with Crippen LogP contribution in [-0.2, 0) is 6.54 Å². The van der Waals surface area contributed by atoms with Gasteiger partial charge in [0.1, 0.15) is 0 Å². The normalized spacial score (nSPS) is 26.0. The average Bonchev–Trinajstić information content (AvgIpc) is 3.18. The van der Waals surface area contributed by atoms with Gasteiger partial charge in [-0.1, -0.05) is 23.4 Å². The monoisotopic (exact) mass is 332 g/mol. The van der Waals surface area contributed by atoms with Crippen molar-refractivity contribution in [2.24, 2.45) is 0 Å². The number of β-amino-alcohol motifs (C(OH)–C–C–N with tert-alkyl or cyclic N) is 1. The van der Waals surface area contributed by atoms with Crippen LogP contribution in [0.25, 0.3) is 0 Å². The van der Waals surface area contributed by atoms with E-state index >= 15 is 0 Å². The second-order valence-electron chi connectivity index (χ2n) is 6.56. The lowest BCUT2D eigenvalue weighted by atomic mass is 10.1. The predicted molar refractivity (Wildman–Crippen MR) is 82.3 cm³/mol. The molecule has 0 amide bonds. The van der Waals surface area contributed by atoms with E-state index in [1.165, 1.54) is 0 Å². The van der Waals surface area contributed by atoms with Crippen LogP contribution in [0.5, 0.6) is 0 Å². The van der Waals surface area contributed by atoms with E-state index in [0.717, 1.165) is 18.7 Å². The highest BCUT2D eigenvalue weighted by Crippen LogP contribution is 2.40. The maximum atomic E-state index is 11.4. The number of hydrogen-bond donors (Lipinski definition) is 3. The smallest absolute Gasteiger partial charge is 0.244 e. The van der Waals surface area contributed by atoms with Crippen LogP contribution in [0.1, 0.15) is 48.5 Å². The molecule has 2 fully saturated rings. The molecule has 1 aliphatic heterocycles. The maximum Gasteiger partial charge on any atom is 0.244 e. The van der Waals surface area contributed by atoms with Crippen molar-refractivity contribution in [3.63, 3.8) is 0 Å². The van der Waals surface area contributed by atoms with Crippen LogP contribution >= 0.6 is 0 Å². The molecule has 3 N–H and O–H groups in total. The largest absolute Gasteiger partial charge is 0.595 e. The summed E-state index contributed by atoms with van der Waals surface area (Å²) >= 11 is 0. The average molecular weight is 332 g/mol. The zero-order valence-corrected chi connectivity index (χ0v) is 13.1. The Morgan fingerprint density at radius 1 is 1.33 bits per heavy atom. The molecule has 0 bridgehead atoms. The molecule has 1 aromatic heterocycles. The highest BCUT2D eigenvalue weighted by molar-refractivity contribution is 5.39. The summed E-state index contributed by atoms with van der Waals surface area (Å²) < 4.78 is 5.41. The van der Waals surface area contributed by atoms with E-state index in [1.807, 2.05) is 11.0 Å². The number of aliphatic hydroxyl groups excluding tert-OH is 1. The summed E-state index contributed by atoms with van der Waals surface area (Å²) in [6, 6.07) is 6.75. The minimum atomic E-state index is -0.948. The topological polar surface area (TPSA) is 110 Å². The van der Waals surface area contributed by atoms with Crippen molar-refractivity contribution in [2.75, 3.05) is 6.54 Å². The summed E-state index contributed by atoms with van der Waals surface area (Å²) in [5, 5.41) is 33.9. The van der Waals surface area contributed by atoms with Gasteiger partial charge < -0.3 is 14.8 Å². The fraction of sp³-hybridized carbons (Fsp3) is 0.500. The summed E-state index contributed by atoms with van der Waals surface area (Å²) in [5.41, 5.74) is 0.993. The third-order valence-electron chi connectivity index (χ3n) is 4.69. The van der Waals surface area contributed by atoms with Crippen LogP contribution in [0.2, 0.25) is 0 Å². The number of aromatic nitrogens is 2. The Morgan fingerprint density at radius 3 is 2.88 bits per heavy atom. The first-order valence-electron chi connectivity index (χ1n) is 8.18. The standard InChI is InChI=1S/C16H20N4O4/c21-12-7-14(16-17-15(18-24-16)10-5-6-10)19(9-12)8-11-3-1-2-4-13(11)20(22)23/h1-4,10,12,14,20-22H,5-9H2. The summed E-state index contributed by atoms with van der Waals surface area (Å²) in [5.74, 6) is 1.67. The number of likely N-dealkylation sites (tertiary alicyclic amines) is 1. The zero-order chi connectivity index (χ0) is 16.7. The maximum absolute atomic E-state index is 11.4. The van der Waals surface area contributed by atoms with Crippen molar-refractivity contribution >= 4 is 5.69 Å². The molecule has 24 heavy (non-hydrogen) atoms. The molecule has 1 saturated carbocycles. The Kier molecular flexibility index (Phi) is 4.07. The third kappa shape index (κ3) is 3.06. The quantitative estimate of drug-likeness (QED) is 0.690. The van der Waals surface area contributed by atoms with Gasteiger partial charge in [-0.3, -0.25) is 4.90 Å². The van der Waals surface area contributed by atoms with E-state index in [0.29, 0.717) is 36.9 Å². The SMILES string of the molecule is [O-][NH+](O)c1ccccc1CN1CC(O)CC1c1nc(C2CC2)no1. The van der Waals surface area contributed by atoms with Gasteiger partial charge >= 0.3 is 0 Å². The molecule has 1 aliphatic carbocycles. The lowest BCUT2D eigenvalue weighted by Crippen LogP contribution is -2.99. The van der Waals surface area contributed by atoms with Gasteiger partial charge in [0.25, 0.3) is 0 Å². The van der Waals surface area contributed by atoms with Crippen molar-refractivity contribution in [2.45, 2.75) is 43.9 Å². The summed E-state index contributed by atoms with van der Waals surface area (Å²) in [4.78, 5) is 6.50. The highest BCUT2D eigenvalue weighted by Gasteiger charge is 2.38. The van der Waals surface area contributed by atoms with Crippen LogP contribution in [-0.4, -0.2) is 38.0 Å². The molecule has 3 unspecified atom stereocenters. The lowest BCUT2D eigenvalue weighted by molar-refractivity contribution is -0.991. The third-order valence-corrected chi connectivity index (χ3v) is 4.69. The van der Waals surface area contributed by atoms with Gasteiger partial charge in [-0.25, -0.2) is 5.21 Å². The Bertz CT molecular complexity index is 716. The van der Waals surface area contributed by atoms with Crippen molar-refractivity contribution in [3.8, 4) is 0 Å². The molecule has 4 rings (SSSR count). The minimum Gasteiger partial charge on any atom is -0.595 e. The number of nitrogens with zero attached hydrogens (tertiary/aromatic N) is 3. The molecule has 0 spiro atoms. The van der Waals surface area contributed by atoms with Crippen molar-refractivity contribution < 1.29 is 20.1 Å². The molecular weight excluding hydrogens is 312 g/mol. The molecule has 2 aliphatic rings. The minimum absolute atomic E-state index is 0.179. The van der Waals surface area contributed by atoms with Crippen molar-refractivity contribution in [1.29, 1.82) is 0 Å². The molecular formula is C16H20N4O4. The molecule has 1 saturated heterocycles. The van der Waals surface area contributed by atoms with Gasteiger partial charge in [-0.15, -0.1) is 0 Å². The fourth-order valence-corrected chi connectivity index (χ4v) is 3.29. The Balaban J connectivity index is 1.56. The number of benzene rings is 1. The molecule has 0 radical (unpaired) electrons. The van der Waals surface area contributed by atoms with Crippen LogP contribution in [0.4, 0.5) is 5.69 Å². The first-order chi connectivity index (χ1) is 11.6. The molecule has 128 valence electrons. The summed E-state index contributed by atoms with van der Waals surface area (Å²) in [7, 11) is 0. The molecule has 2 heterocycles. The molecule has 2 aromatic rings. The zero-order valence-electron chi connectivity index (χ0n) is 13.1. The Morgan fingerprint density at radius 2 is 2.12 bits per heavy atom. The van der Waals surface area contributed by atoms with Gasteiger partial charge in [0.05, 0.1) is 12.1 Å². The second-order valence-corrected chi connectivity index (χ2v) is 6.56. The number of rotatable bonds is 5. The van der Waals surface area contributed by atoms with E-state index in [-0.39, 0.29) is 11.7 Å². The van der Waals surface area contributed by atoms with E-state index in [4.69, 9.17) is 4.52 Å². The van der Waals surface area contributed by atoms with E-state index in [2.05, 4.69) is 10.1 Å². The number of nitrogens with one attached hydrogen (secondary N) is 1. The Hall–Kier alpha value is -1.84. The first kappa shape index (κ1) is 15.7. The van der Waals surface area contributed by atoms with E-state index in [9.17, 15) is 15.5 Å². The number of hydrogen-bond acceptors (Lipinski definition) is 7. The van der Waals surface area contributed by atoms with Crippen molar-refractivity contribution in [3.05, 3.63) is 46.8 Å². The number of aliphatic hydroxyl groups is 1. The lowest BCUT2D eigenvalue weighted by Gasteiger charge is -2.23. The van der Waals surface area contributed by atoms with Gasteiger partial charge in [0.15, 0.2) is 11.5 Å². The summed E-state index contributed by atoms with van der Waals surface area (Å²) in [6.45, 7) is 0.880. The Labute approximate surface area is 138 Å². The number of quaternary nitrogens is 1. The number of para-hydroxylation sites is 1. The molecule has 1 aromatic carbocycles. The molecule has 8 heteroatoms. The van der Waals surface area contributed by atoms with E-state index < -0.39 is 11.3 Å². The molecule has 8 nitrogen and oxygen atoms in total. The molecule has 3 atom stereocenters. The summed E-state index contributed by atoms with van der Waals surface area (Å²) in [6.07, 6.45) is 2.23. The van der Waals surface area contributed by atoms with Crippen molar-refractivity contribution in [1.82, 2.24) is 15.0 Å². The van der Waals surface area contributed by atoms with Crippen LogP contribution in [0.3, 0.4) is 0 Å². The highest BCUT2D eigenvalue weighted by atomic mass is 16.8. The van der Waals surface area contributed by atoms with Crippen LogP contribution in [0, 0.1) is 5.21 Å². The predicted octanol–water partition coefficient (Wildman–Crippen LogP) is 0.658. The van der Waals surface area contributed by atoms with Gasteiger partial charge in [-0.05, 0) is 19.3 Å². The van der Waals surface area contributed by atoms with Gasteiger partial charge in [0.2, 0.25) is 5.89 Å². The van der Waals surface area contributed by atoms with Crippen LogP contribution in [0.15, 0.2) is 28.8 Å². The fourth-order valence-electron chi connectivity index (χ4n) is 3.29.